The molecule has 0 aromatic heterocycles. The van der Waals surface area contributed by atoms with Gasteiger partial charge < -0.3 is 16.0 Å². The monoisotopic (exact) mass is 261 g/mol. The molecule has 1 aromatic rings. The van der Waals surface area contributed by atoms with Crippen LogP contribution in [0.5, 0.6) is 0 Å². The highest BCUT2D eigenvalue weighted by molar-refractivity contribution is 6.09. The molecule has 0 saturated carbocycles. The number of anilines is 2. The molecule has 1 heterocycles. The number of fused-ring (bicyclic) bond motifs is 1. The van der Waals surface area contributed by atoms with Crippen molar-refractivity contribution < 1.29 is 9.59 Å². The van der Waals surface area contributed by atoms with Crippen molar-refractivity contribution in [2.75, 3.05) is 16.8 Å². The van der Waals surface area contributed by atoms with Crippen molar-refractivity contribution in [1.82, 2.24) is 0 Å². The molecule has 2 amide bonds. The normalized spacial score (nSPS) is 14.9. The van der Waals surface area contributed by atoms with Crippen LogP contribution in [-0.4, -0.2) is 23.9 Å². The van der Waals surface area contributed by atoms with E-state index in [0.29, 0.717) is 18.5 Å². The van der Waals surface area contributed by atoms with Crippen molar-refractivity contribution in [2.24, 2.45) is 5.73 Å². The molecule has 0 radical (unpaired) electrons. The summed E-state index contributed by atoms with van der Waals surface area (Å²) in [6, 6.07) is 7.30. The van der Waals surface area contributed by atoms with Crippen LogP contribution in [0.2, 0.25) is 0 Å². The molecule has 3 N–H and O–H groups in total. The predicted octanol–water partition coefficient (Wildman–Crippen LogP) is 1.49. The number of carbonyl (C=O) groups excluding carboxylic acids is 2. The minimum Gasteiger partial charge on any atom is -0.326 e. The number of amides is 2. The van der Waals surface area contributed by atoms with Crippen molar-refractivity contribution in [2.45, 2.75) is 32.2 Å². The zero-order valence-electron chi connectivity index (χ0n) is 11.3. The first-order chi connectivity index (χ1) is 8.87. The standard InChI is InChI=1S/C14H19N3O2/c1-14(2,15)8-7-13(19)17-9-12(18)16-10-5-3-4-6-11(10)17/h3-6H,7-9,15H2,1-2H3,(H,16,18). The van der Waals surface area contributed by atoms with Crippen LogP contribution in [0.15, 0.2) is 24.3 Å². The molecule has 5 heteroatoms. The van der Waals surface area contributed by atoms with E-state index in [1.807, 2.05) is 32.0 Å². The molecule has 0 aliphatic carbocycles. The molecule has 0 unspecified atom stereocenters. The van der Waals surface area contributed by atoms with Crippen molar-refractivity contribution in [3.05, 3.63) is 24.3 Å². The number of hydrogen-bond acceptors (Lipinski definition) is 3. The van der Waals surface area contributed by atoms with Gasteiger partial charge in [-0.2, -0.15) is 0 Å². The third-order valence-electron chi connectivity index (χ3n) is 3.05. The Balaban J connectivity index is 2.16. The number of rotatable bonds is 3. The van der Waals surface area contributed by atoms with Gasteiger partial charge in [-0.15, -0.1) is 0 Å². The van der Waals surface area contributed by atoms with E-state index in [1.54, 1.807) is 6.07 Å². The molecule has 0 spiro atoms. The molecular weight excluding hydrogens is 242 g/mol. The van der Waals surface area contributed by atoms with Crippen LogP contribution in [0.3, 0.4) is 0 Å². The van der Waals surface area contributed by atoms with Gasteiger partial charge in [0.05, 0.1) is 11.4 Å². The molecule has 0 atom stereocenters. The summed E-state index contributed by atoms with van der Waals surface area (Å²) in [5.74, 6) is -0.236. The molecule has 0 bridgehead atoms. The largest absolute Gasteiger partial charge is 0.326 e. The second-order valence-corrected chi connectivity index (χ2v) is 5.53. The van der Waals surface area contributed by atoms with Gasteiger partial charge in [0.25, 0.3) is 0 Å². The second kappa shape index (κ2) is 5.01. The molecule has 1 aromatic carbocycles. The summed E-state index contributed by atoms with van der Waals surface area (Å²) in [5, 5.41) is 2.76. The van der Waals surface area contributed by atoms with Crippen molar-refractivity contribution in [3.63, 3.8) is 0 Å². The van der Waals surface area contributed by atoms with Crippen LogP contribution in [0.1, 0.15) is 26.7 Å². The van der Waals surface area contributed by atoms with Crippen LogP contribution in [0.4, 0.5) is 11.4 Å². The van der Waals surface area contributed by atoms with Gasteiger partial charge >= 0.3 is 0 Å². The van der Waals surface area contributed by atoms with Gasteiger partial charge in [-0.25, -0.2) is 0 Å². The quantitative estimate of drug-likeness (QED) is 0.865. The average molecular weight is 261 g/mol. The molecule has 5 nitrogen and oxygen atoms in total. The van der Waals surface area contributed by atoms with Crippen molar-refractivity contribution >= 4 is 23.2 Å². The lowest BCUT2D eigenvalue weighted by Crippen LogP contribution is -2.43. The average Bonchev–Trinajstić information content (AvgIpc) is 2.34. The Morgan fingerprint density at radius 1 is 1.42 bits per heavy atom. The van der Waals surface area contributed by atoms with Gasteiger partial charge in [0, 0.05) is 12.0 Å². The number of carbonyl (C=O) groups is 2. The zero-order valence-corrected chi connectivity index (χ0v) is 11.3. The van der Waals surface area contributed by atoms with Crippen LogP contribution < -0.4 is 16.0 Å². The van der Waals surface area contributed by atoms with E-state index < -0.39 is 0 Å². The maximum Gasteiger partial charge on any atom is 0.244 e. The molecule has 1 aliphatic heterocycles. The fourth-order valence-corrected chi connectivity index (χ4v) is 2.02. The molecule has 2 rings (SSSR count). The molecule has 0 saturated heterocycles. The molecule has 19 heavy (non-hydrogen) atoms. The SMILES string of the molecule is CC(C)(N)CCC(=O)N1CC(=O)Nc2ccccc21. The van der Waals surface area contributed by atoms with Crippen molar-refractivity contribution in [3.8, 4) is 0 Å². The lowest BCUT2D eigenvalue weighted by Gasteiger charge is -2.30. The third-order valence-corrected chi connectivity index (χ3v) is 3.05. The summed E-state index contributed by atoms with van der Waals surface area (Å²) in [6.45, 7) is 3.84. The Labute approximate surface area is 112 Å². The van der Waals surface area contributed by atoms with E-state index in [2.05, 4.69) is 5.32 Å². The van der Waals surface area contributed by atoms with Crippen LogP contribution >= 0.6 is 0 Å². The van der Waals surface area contributed by atoms with E-state index in [1.165, 1.54) is 4.90 Å². The number of benzene rings is 1. The highest BCUT2D eigenvalue weighted by Crippen LogP contribution is 2.29. The van der Waals surface area contributed by atoms with Gasteiger partial charge in [-0.1, -0.05) is 12.1 Å². The molecule has 102 valence electrons. The minimum absolute atomic E-state index is 0.0687. The van der Waals surface area contributed by atoms with Crippen LogP contribution in [0.25, 0.3) is 0 Å². The smallest absolute Gasteiger partial charge is 0.244 e. The lowest BCUT2D eigenvalue weighted by molar-refractivity contribution is -0.122. The molecule has 1 aliphatic rings. The minimum atomic E-state index is -0.382. The van der Waals surface area contributed by atoms with E-state index in [-0.39, 0.29) is 23.9 Å². The highest BCUT2D eigenvalue weighted by atomic mass is 16.2. The summed E-state index contributed by atoms with van der Waals surface area (Å²) in [6.07, 6.45) is 0.928. The number of hydrogen-bond donors (Lipinski definition) is 2. The third kappa shape index (κ3) is 3.32. The number of para-hydroxylation sites is 2. The Morgan fingerprint density at radius 3 is 2.79 bits per heavy atom. The second-order valence-electron chi connectivity index (χ2n) is 5.53. The van der Waals surface area contributed by atoms with Gasteiger partial charge in [-0.3, -0.25) is 9.59 Å². The van der Waals surface area contributed by atoms with Gasteiger partial charge in [0.1, 0.15) is 6.54 Å². The molecular formula is C14H19N3O2. The van der Waals surface area contributed by atoms with E-state index in [0.717, 1.165) is 5.69 Å². The van der Waals surface area contributed by atoms with Crippen LogP contribution in [-0.2, 0) is 9.59 Å². The summed E-state index contributed by atoms with van der Waals surface area (Å²) >= 11 is 0. The Kier molecular flexibility index (Phi) is 3.57. The zero-order chi connectivity index (χ0) is 14.0. The fraction of sp³-hybridized carbons (Fsp3) is 0.429. The summed E-state index contributed by atoms with van der Waals surface area (Å²) in [5.41, 5.74) is 6.93. The first-order valence-electron chi connectivity index (χ1n) is 6.35. The first kappa shape index (κ1) is 13.5. The number of nitrogens with one attached hydrogen (secondary N) is 1. The topological polar surface area (TPSA) is 75.4 Å². The Hall–Kier alpha value is -1.88. The molecule has 0 fully saturated rings. The van der Waals surface area contributed by atoms with Gasteiger partial charge in [0.2, 0.25) is 11.8 Å². The van der Waals surface area contributed by atoms with Crippen molar-refractivity contribution in [1.29, 1.82) is 0 Å². The maximum atomic E-state index is 12.2. The Morgan fingerprint density at radius 2 is 2.11 bits per heavy atom. The Bertz CT molecular complexity index is 506. The highest BCUT2D eigenvalue weighted by Gasteiger charge is 2.27. The van der Waals surface area contributed by atoms with Gasteiger partial charge in [0.15, 0.2) is 0 Å². The summed E-state index contributed by atoms with van der Waals surface area (Å²) in [7, 11) is 0. The number of nitrogens with zero attached hydrogens (tertiary/aromatic N) is 1. The first-order valence-corrected chi connectivity index (χ1v) is 6.35. The lowest BCUT2D eigenvalue weighted by atomic mass is 9.99. The summed E-state index contributed by atoms with van der Waals surface area (Å²) < 4.78 is 0. The van der Waals surface area contributed by atoms with E-state index in [4.69, 9.17) is 5.73 Å². The van der Waals surface area contributed by atoms with E-state index in [9.17, 15) is 9.59 Å². The van der Waals surface area contributed by atoms with E-state index >= 15 is 0 Å². The van der Waals surface area contributed by atoms with Gasteiger partial charge in [-0.05, 0) is 32.4 Å². The summed E-state index contributed by atoms with van der Waals surface area (Å²) in [4.78, 5) is 25.4. The van der Waals surface area contributed by atoms with Crippen LogP contribution in [0, 0.1) is 0 Å². The maximum absolute atomic E-state index is 12.2. The number of nitrogens with two attached hydrogens (primary N) is 1. The fourth-order valence-electron chi connectivity index (χ4n) is 2.02. The predicted molar refractivity (Wildman–Crippen MR) is 74.9 cm³/mol.